The van der Waals surface area contributed by atoms with Crippen molar-refractivity contribution in [3.05, 3.63) is 10.1 Å². The van der Waals surface area contributed by atoms with Crippen molar-refractivity contribution in [3.63, 3.8) is 0 Å². The molecule has 1 aromatic heterocycles. The SMILES string of the molecule is CNc1nc(N2CC[NH+](C)CC2)nc(N)c1[N+](=O)[O-]. The van der Waals surface area contributed by atoms with Crippen LogP contribution >= 0.6 is 0 Å². The molecule has 2 heterocycles. The van der Waals surface area contributed by atoms with Gasteiger partial charge in [-0.2, -0.15) is 9.97 Å². The molecule has 1 aliphatic rings. The van der Waals surface area contributed by atoms with Gasteiger partial charge in [0.25, 0.3) is 0 Å². The van der Waals surface area contributed by atoms with E-state index < -0.39 is 4.92 Å². The average molecular weight is 268 g/mol. The number of hydrogen-bond donors (Lipinski definition) is 3. The predicted octanol–water partition coefficient (Wildman–Crippen LogP) is -1.66. The second kappa shape index (κ2) is 5.22. The fourth-order valence-corrected chi connectivity index (χ4v) is 2.04. The van der Waals surface area contributed by atoms with Crippen molar-refractivity contribution in [3.8, 4) is 0 Å². The van der Waals surface area contributed by atoms with Crippen LogP contribution in [-0.4, -0.2) is 55.2 Å². The van der Waals surface area contributed by atoms with Gasteiger partial charge in [-0.1, -0.05) is 0 Å². The third kappa shape index (κ3) is 2.65. The summed E-state index contributed by atoms with van der Waals surface area (Å²) in [6.07, 6.45) is 0. The van der Waals surface area contributed by atoms with Gasteiger partial charge in [-0.25, -0.2) is 0 Å². The summed E-state index contributed by atoms with van der Waals surface area (Å²) >= 11 is 0. The number of hydrogen-bond acceptors (Lipinski definition) is 7. The Hall–Kier alpha value is -2.16. The van der Waals surface area contributed by atoms with Crippen LogP contribution in [0, 0.1) is 10.1 Å². The highest BCUT2D eigenvalue weighted by Crippen LogP contribution is 2.29. The van der Waals surface area contributed by atoms with Gasteiger partial charge in [0.2, 0.25) is 17.6 Å². The molecule has 1 saturated heterocycles. The van der Waals surface area contributed by atoms with Crippen LogP contribution < -0.4 is 20.9 Å². The zero-order valence-electron chi connectivity index (χ0n) is 11.0. The van der Waals surface area contributed by atoms with Gasteiger partial charge in [0.15, 0.2) is 0 Å². The van der Waals surface area contributed by atoms with E-state index in [0.717, 1.165) is 26.2 Å². The number of nitrogen functional groups attached to an aromatic ring is 1. The van der Waals surface area contributed by atoms with Crippen LogP contribution in [0.15, 0.2) is 0 Å². The molecule has 1 aromatic rings. The van der Waals surface area contributed by atoms with Crippen molar-refractivity contribution >= 4 is 23.3 Å². The summed E-state index contributed by atoms with van der Waals surface area (Å²) < 4.78 is 0. The summed E-state index contributed by atoms with van der Waals surface area (Å²) in [6, 6.07) is 0. The van der Waals surface area contributed by atoms with Crippen LogP contribution in [0.1, 0.15) is 0 Å². The van der Waals surface area contributed by atoms with E-state index in [1.165, 1.54) is 4.90 Å². The second-order valence-electron chi connectivity index (χ2n) is 4.56. The topological polar surface area (TPSA) is 115 Å². The molecular formula is C10H18N7O2+. The molecule has 0 atom stereocenters. The highest BCUT2D eigenvalue weighted by Gasteiger charge is 2.26. The molecule has 1 aliphatic heterocycles. The molecule has 0 bridgehead atoms. The summed E-state index contributed by atoms with van der Waals surface area (Å²) in [6.45, 7) is 3.59. The van der Waals surface area contributed by atoms with E-state index in [1.54, 1.807) is 7.05 Å². The first-order valence-electron chi connectivity index (χ1n) is 6.09. The fourth-order valence-electron chi connectivity index (χ4n) is 2.04. The number of nitrogens with zero attached hydrogens (tertiary/aromatic N) is 4. The summed E-state index contributed by atoms with van der Waals surface area (Å²) in [7, 11) is 3.70. The van der Waals surface area contributed by atoms with Crippen molar-refractivity contribution in [2.24, 2.45) is 0 Å². The molecule has 9 heteroatoms. The van der Waals surface area contributed by atoms with Crippen LogP contribution in [0.2, 0.25) is 0 Å². The quantitative estimate of drug-likeness (QED) is 0.444. The minimum atomic E-state index is -0.570. The first-order chi connectivity index (χ1) is 9.02. The van der Waals surface area contributed by atoms with Gasteiger partial charge >= 0.3 is 5.69 Å². The standard InChI is InChI=1S/C10H17N7O2/c1-12-9-7(17(18)19)8(11)13-10(14-9)16-5-3-15(2)4-6-16/h3-6H2,1-2H3,(H3,11,12,13,14)/p+1. The lowest BCUT2D eigenvalue weighted by molar-refractivity contribution is -0.880. The van der Waals surface area contributed by atoms with Crippen molar-refractivity contribution in [2.75, 3.05) is 56.2 Å². The molecule has 0 amide bonds. The minimum absolute atomic E-state index is 0.106. The molecule has 104 valence electrons. The third-order valence-corrected chi connectivity index (χ3v) is 3.22. The van der Waals surface area contributed by atoms with Gasteiger partial charge in [-0.3, -0.25) is 10.1 Å². The molecular weight excluding hydrogens is 250 g/mol. The van der Waals surface area contributed by atoms with Crippen LogP contribution in [0.25, 0.3) is 0 Å². The summed E-state index contributed by atoms with van der Waals surface area (Å²) in [5, 5.41) is 13.6. The fraction of sp³-hybridized carbons (Fsp3) is 0.600. The number of likely N-dealkylation sites (N-methyl/N-ethyl adjacent to an activating group) is 1. The molecule has 0 spiro atoms. The minimum Gasteiger partial charge on any atom is -0.378 e. The maximum absolute atomic E-state index is 10.9. The summed E-state index contributed by atoms with van der Waals surface area (Å²) in [4.78, 5) is 22.0. The lowest BCUT2D eigenvalue weighted by Crippen LogP contribution is -3.12. The average Bonchev–Trinajstić information content (AvgIpc) is 2.38. The Kier molecular flexibility index (Phi) is 3.65. The number of piperazine rings is 1. The predicted molar refractivity (Wildman–Crippen MR) is 71.5 cm³/mol. The zero-order valence-corrected chi connectivity index (χ0v) is 11.0. The normalized spacial score (nSPS) is 16.4. The van der Waals surface area contributed by atoms with E-state index in [-0.39, 0.29) is 17.3 Å². The molecule has 0 saturated carbocycles. The van der Waals surface area contributed by atoms with Crippen LogP contribution in [0.5, 0.6) is 0 Å². The molecule has 19 heavy (non-hydrogen) atoms. The molecule has 9 nitrogen and oxygen atoms in total. The van der Waals surface area contributed by atoms with Gasteiger partial charge in [0, 0.05) is 7.05 Å². The van der Waals surface area contributed by atoms with E-state index in [2.05, 4.69) is 22.3 Å². The number of rotatable bonds is 3. The van der Waals surface area contributed by atoms with Gasteiger partial charge in [-0.15, -0.1) is 0 Å². The first-order valence-corrected chi connectivity index (χ1v) is 6.09. The molecule has 1 fully saturated rings. The van der Waals surface area contributed by atoms with Crippen molar-refractivity contribution in [1.29, 1.82) is 0 Å². The third-order valence-electron chi connectivity index (χ3n) is 3.22. The Bertz CT molecular complexity index is 485. The van der Waals surface area contributed by atoms with Crippen LogP contribution in [-0.2, 0) is 0 Å². The summed E-state index contributed by atoms with van der Waals surface area (Å²) in [5.74, 6) is 0.490. The number of quaternary nitrogens is 1. The maximum atomic E-state index is 10.9. The molecule has 0 aliphatic carbocycles. The number of nitrogens with one attached hydrogen (secondary N) is 2. The number of aromatic nitrogens is 2. The van der Waals surface area contributed by atoms with E-state index in [1.807, 2.05) is 4.90 Å². The van der Waals surface area contributed by atoms with Gasteiger partial charge in [0.05, 0.1) is 38.2 Å². The van der Waals surface area contributed by atoms with Gasteiger partial charge in [-0.05, 0) is 0 Å². The highest BCUT2D eigenvalue weighted by atomic mass is 16.6. The Morgan fingerprint density at radius 1 is 1.42 bits per heavy atom. The van der Waals surface area contributed by atoms with E-state index in [0.29, 0.717) is 5.95 Å². The van der Waals surface area contributed by atoms with E-state index >= 15 is 0 Å². The van der Waals surface area contributed by atoms with Gasteiger partial charge in [0.1, 0.15) is 0 Å². The highest BCUT2D eigenvalue weighted by molar-refractivity contribution is 5.69. The first kappa shape index (κ1) is 13.3. The molecule has 2 rings (SSSR count). The second-order valence-corrected chi connectivity index (χ2v) is 4.56. The van der Waals surface area contributed by atoms with Crippen molar-refractivity contribution < 1.29 is 9.82 Å². The molecule has 4 N–H and O–H groups in total. The lowest BCUT2D eigenvalue weighted by Gasteiger charge is -2.30. The number of nitrogens with two attached hydrogens (primary N) is 1. The molecule has 0 radical (unpaired) electrons. The zero-order chi connectivity index (χ0) is 14.0. The van der Waals surface area contributed by atoms with Crippen LogP contribution in [0.3, 0.4) is 0 Å². The van der Waals surface area contributed by atoms with E-state index in [4.69, 9.17) is 5.73 Å². The Morgan fingerprint density at radius 2 is 2.05 bits per heavy atom. The monoisotopic (exact) mass is 268 g/mol. The van der Waals surface area contributed by atoms with Gasteiger partial charge < -0.3 is 20.9 Å². The molecule has 0 unspecified atom stereocenters. The van der Waals surface area contributed by atoms with Crippen LogP contribution in [0.4, 0.5) is 23.3 Å². The number of nitro groups is 1. The van der Waals surface area contributed by atoms with E-state index in [9.17, 15) is 10.1 Å². The number of anilines is 3. The maximum Gasteiger partial charge on any atom is 0.353 e. The molecule has 0 aromatic carbocycles. The van der Waals surface area contributed by atoms with Crippen molar-refractivity contribution in [1.82, 2.24) is 9.97 Å². The lowest BCUT2D eigenvalue weighted by atomic mass is 10.3. The Morgan fingerprint density at radius 3 is 2.58 bits per heavy atom. The summed E-state index contributed by atoms with van der Waals surface area (Å²) in [5.41, 5.74) is 5.40. The Balaban J connectivity index is 2.32. The largest absolute Gasteiger partial charge is 0.378 e. The smallest absolute Gasteiger partial charge is 0.353 e. The van der Waals surface area contributed by atoms with Crippen molar-refractivity contribution in [2.45, 2.75) is 0 Å². The Labute approximate surface area is 110 Å².